The molecule has 2 heterocycles. The first-order chi connectivity index (χ1) is 10.0. The highest BCUT2D eigenvalue weighted by Crippen LogP contribution is 2.16. The number of carbonyl (C=O) groups excluding carboxylic acids is 1. The zero-order valence-electron chi connectivity index (χ0n) is 13.5. The number of aromatic nitrogens is 2. The van der Waals surface area contributed by atoms with Gasteiger partial charge in [-0.2, -0.15) is 5.10 Å². The Labute approximate surface area is 126 Å². The molecule has 2 rings (SSSR count). The van der Waals surface area contributed by atoms with Crippen LogP contribution in [0.15, 0.2) is 0 Å². The third-order valence-corrected chi connectivity index (χ3v) is 3.99. The average Bonchev–Trinajstić information content (AvgIpc) is 2.85. The van der Waals surface area contributed by atoms with Crippen LogP contribution >= 0.6 is 0 Å². The lowest BCUT2D eigenvalue weighted by Gasteiger charge is -2.33. The van der Waals surface area contributed by atoms with Crippen LogP contribution in [0.3, 0.4) is 0 Å². The monoisotopic (exact) mass is 294 g/mol. The molecule has 6 nitrogen and oxygen atoms in total. The molecule has 0 spiro atoms. The molecule has 118 valence electrons. The maximum atomic E-state index is 12.6. The Kier molecular flexibility index (Phi) is 5.36. The fourth-order valence-electron chi connectivity index (χ4n) is 2.62. The van der Waals surface area contributed by atoms with Gasteiger partial charge in [-0.15, -0.1) is 0 Å². The summed E-state index contributed by atoms with van der Waals surface area (Å²) in [6.07, 6.45) is 1.92. The number of aryl methyl sites for hydroxylation is 1. The normalized spacial score (nSPS) is 19.3. The van der Waals surface area contributed by atoms with Crippen molar-refractivity contribution in [3.05, 3.63) is 17.0 Å². The van der Waals surface area contributed by atoms with Crippen LogP contribution in [0, 0.1) is 6.92 Å². The van der Waals surface area contributed by atoms with E-state index in [1.807, 2.05) is 25.9 Å². The van der Waals surface area contributed by atoms with Gasteiger partial charge in [-0.3, -0.25) is 9.89 Å². The quantitative estimate of drug-likeness (QED) is 0.882. The smallest absolute Gasteiger partial charge is 0.274 e. The highest BCUT2D eigenvalue weighted by atomic mass is 16.5. The van der Waals surface area contributed by atoms with E-state index < -0.39 is 0 Å². The zero-order chi connectivity index (χ0) is 15.4. The van der Waals surface area contributed by atoms with Gasteiger partial charge in [0.2, 0.25) is 0 Å². The van der Waals surface area contributed by atoms with E-state index in [0.29, 0.717) is 25.4 Å². The van der Waals surface area contributed by atoms with Crippen molar-refractivity contribution in [1.29, 1.82) is 0 Å². The van der Waals surface area contributed by atoms with Crippen molar-refractivity contribution in [2.75, 3.05) is 40.3 Å². The Morgan fingerprint density at radius 1 is 1.52 bits per heavy atom. The van der Waals surface area contributed by atoms with Gasteiger partial charge >= 0.3 is 0 Å². The fourth-order valence-corrected chi connectivity index (χ4v) is 2.62. The second-order valence-corrected chi connectivity index (χ2v) is 5.87. The number of H-pyrrole nitrogens is 1. The van der Waals surface area contributed by atoms with Crippen molar-refractivity contribution >= 4 is 5.91 Å². The summed E-state index contributed by atoms with van der Waals surface area (Å²) < 4.78 is 5.75. The Morgan fingerprint density at radius 3 is 2.90 bits per heavy atom. The largest absolute Gasteiger partial charge is 0.374 e. The second-order valence-electron chi connectivity index (χ2n) is 5.87. The average molecular weight is 294 g/mol. The number of aromatic amines is 1. The summed E-state index contributed by atoms with van der Waals surface area (Å²) in [7, 11) is 4.09. The van der Waals surface area contributed by atoms with Crippen molar-refractivity contribution in [2.45, 2.75) is 32.8 Å². The topological polar surface area (TPSA) is 61.5 Å². The molecule has 1 fully saturated rings. The number of morpholine rings is 1. The van der Waals surface area contributed by atoms with Gasteiger partial charge in [-0.05, 0) is 33.9 Å². The standard InChI is InChI=1S/C15H26N4O2/c1-5-13-11(2)14(17-16-13)15(20)19-8-9-21-12(10-19)6-7-18(3)4/h12H,5-10H2,1-4H3,(H,16,17). The minimum absolute atomic E-state index is 0.0154. The van der Waals surface area contributed by atoms with Crippen LogP contribution in [-0.4, -0.2) is 72.3 Å². The van der Waals surface area contributed by atoms with Crippen molar-refractivity contribution in [1.82, 2.24) is 20.0 Å². The molecule has 1 amide bonds. The first-order valence-electron chi connectivity index (χ1n) is 7.62. The minimum atomic E-state index is 0.0154. The number of carbonyl (C=O) groups is 1. The molecular weight excluding hydrogens is 268 g/mol. The molecule has 6 heteroatoms. The van der Waals surface area contributed by atoms with Gasteiger partial charge in [0, 0.05) is 30.9 Å². The SMILES string of the molecule is CCc1[nH]nc(C(=O)N2CCOC(CCN(C)C)C2)c1C. The molecule has 21 heavy (non-hydrogen) atoms. The summed E-state index contributed by atoms with van der Waals surface area (Å²) in [6.45, 7) is 6.88. The van der Waals surface area contributed by atoms with Gasteiger partial charge in [0.15, 0.2) is 5.69 Å². The Bertz CT molecular complexity index is 484. The van der Waals surface area contributed by atoms with E-state index in [0.717, 1.165) is 30.6 Å². The maximum Gasteiger partial charge on any atom is 0.274 e. The molecule has 1 N–H and O–H groups in total. The summed E-state index contributed by atoms with van der Waals surface area (Å²) in [5.41, 5.74) is 2.56. The van der Waals surface area contributed by atoms with Crippen LogP contribution in [0.25, 0.3) is 0 Å². The van der Waals surface area contributed by atoms with Gasteiger partial charge in [-0.25, -0.2) is 0 Å². The van der Waals surface area contributed by atoms with E-state index in [1.54, 1.807) is 0 Å². The number of amides is 1. The Balaban J connectivity index is 2.00. The van der Waals surface area contributed by atoms with E-state index in [4.69, 9.17) is 4.74 Å². The third-order valence-electron chi connectivity index (χ3n) is 3.99. The molecule has 0 aliphatic carbocycles. The first kappa shape index (κ1) is 16.0. The van der Waals surface area contributed by atoms with Crippen LogP contribution in [0.1, 0.15) is 35.1 Å². The predicted molar refractivity (Wildman–Crippen MR) is 81.5 cm³/mol. The highest BCUT2D eigenvalue weighted by molar-refractivity contribution is 5.94. The lowest BCUT2D eigenvalue weighted by atomic mass is 10.1. The van der Waals surface area contributed by atoms with Crippen LogP contribution < -0.4 is 0 Å². The molecule has 1 aliphatic rings. The van der Waals surface area contributed by atoms with E-state index in [1.165, 1.54) is 0 Å². The first-order valence-corrected chi connectivity index (χ1v) is 7.62. The molecule has 1 saturated heterocycles. The minimum Gasteiger partial charge on any atom is -0.374 e. The van der Waals surface area contributed by atoms with Gasteiger partial charge < -0.3 is 14.5 Å². The maximum absolute atomic E-state index is 12.6. The Morgan fingerprint density at radius 2 is 2.29 bits per heavy atom. The summed E-state index contributed by atoms with van der Waals surface area (Å²) in [6, 6.07) is 0. The van der Waals surface area contributed by atoms with Gasteiger partial charge in [0.1, 0.15) is 0 Å². The van der Waals surface area contributed by atoms with E-state index in [2.05, 4.69) is 22.0 Å². The molecule has 0 aromatic carbocycles. The molecule has 1 aromatic heterocycles. The Hall–Kier alpha value is -1.40. The van der Waals surface area contributed by atoms with Crippen molar-refractivity contribution in [2.24, 2.45) is 0 Å². The number of nitrogens with one attached hydrogen (secondary N) is 1. The molecule has 1 unspecified atom stereocenters. The fraction of sp³-hybridized carbons (Fsp3) is 0.733. The summed E-state index contributed by atoms with van der Waals surface area (Å²) >= 11 is 0. The van der Waals surface area contributed by atoms with Crippen LogP contribution in [-0.2, 0) is 11.2 Å². The summed E-state index contributed by atoms with van der Waals surface area (Å²) in [5, 5.41) is 7.16. The van der Waals surface area contributed by atoms with E-state index in [9.17, 15) is 4.79 Å². The predicted octanol–water partition coefficient (Wildman–Crippen LogP) is 1.07. The van der Waals surface area contributed by atoms with E-state index in [-0.39, 0.29) is 12.0 Å². The van der Waals surface area contributed by atoms with Crippen molar-refractivity contribution < 1.29 is 9.53 Å². The van der Waals surface area contributed by atoms with Crippen LogP contribution in [0.5, 0.6) is 0 Å². The van der Waals surface area contributed by atoms with Crippen LogP contribution in [0.2, 0.25) is 0 Å². The number of ether oxygens (including phenoxy) is 1. The lowest BCUT2D eigenvalue weighted by Crippen LogP contribution is -2.46. The van der Waals surface area contributed by atoms with Gasteiger partial charge in [-0.1, -0.05) is 6.92 Å². The number of hydrogen-bond donors (Lipinski definition) is 1. The van der Waals surface area contributed by atoms with Crippen molar-refractivity contribution in [3.8, 4) is 0 Å². The number of nitrogens with zero attached hydrogens (tertiary/aromatic N) is 3. The van der Waals surface area contributed by atoms with Crippen LogP contribution in [0.4, 0.5) is 0 Å². The zero-order valence-corrected chi connectivity index (χ0v) is 13.5. The van der Waals surface area contributed by atoms with E-state index >= 15 is 0 Å². The molecule has 1 atom stereocenters. The molecular formula is C15H26N4O2. The molecule has 0 bridgehead atoms. The molecule has 1 aromatic rings. The lowest BCUT2D eigenvalue weighted by molar-refractivity contribution is -0.0271. The van der Waals surface area contributed by atoms with Gasteiger partial charge in [0.25, 0.3) is 5.91 Å². The number of rotatable bonds is 5. The van der Waals surface area contributed by atoms with Gasteiger partial charge in [0.05, 0.1) is 12.7 Å². The third kappa shape index (κ3) is 3.83. The van der Waals surface area contributed by atoms with Crippen molar-refractivity contribution in [3.63, 3.8) is 0 Å². The highest BCUT2D eigenvalue weighted by Gasteiger charge is 2.27. The number of hydrogen-bond acceptors (Lipinski definition) is 4. The summed E-state index contributed by atoms with van der Waals surface area (Å²) in [5.74, 6) is 0.0154. The second kappa shape index (κ2) is 7.04. The summed E-state index contributed by atoms with van der Waals surface area (Å²) in [4.78, 5) is 16.6. The molecule has 0 saturated carbocycles. The molecule has 1 aliphatic heterocycles. The molecule has 0 radical (unpaired) electrons.